The van der Waals surface area contributed by atoms with Gasteiger partial charge in [0.05, 0.1) is 5.52 Å². The van der Waals surface area contributed by atoms with Crippen molar-refractivity contribution >= 4 is 65.3 Å². The van der Waals surface area contributed by atoms with Crippen molar-refractivity contribution in [2.75, 3.05) is 5.32 Å². The fourth-order valence-corrected chi connectivity index (χ4v) is 4.09. The molecule has 1 aromatic heterocycles. The number of aromatic nitrogens is 2. The van der Waals surface area contributed by atoms with Gasteiger partial charge in [0.15, 0.2) is 5.82 Å². The maximum atomic E-state index is 6.40. The number of hydrogen-bond donors (Lipinski definition) is 2. The predicted octanol–water partition coefficient (Wildman–Crippen LogP) is 7.10. The van der Waals surface area contributed by atoms with Gasteiger partial charge in [-0.25, -0.2) is 9.97 Å². The van der Waals surface area contributed by atoms with Gasteiger partial charge in [-0.15, -0.1) is 24.8 Å². The molecule has 1 aliphatic carbocycles. The molecule has 172 valence electrons. The number of anilines is 1. The average molecular weight is 494 g/mol. The van der Waals surface area contributed by atoms with E-state index in [4.69, 9.17) is 27.3 Å². The molecule has 2 atom stereocenters. The number of nitrogens with zero attached hydrogens (tertiary/aromatic N) is 2. The summed E-state index contributed by atoms with van der Waals surface area (Å²) in [5.41, 5.74) is 9.69. The Hall–Kier alpha value is -1.85. The van der Waals surface area contributed by atoms with Crippen LogP contribution in [0.4, 0.5) is 5.82 Å². The molecular weight excluding hydrogens is 463 g/mol. The number of hydrogen-bond acceptors (Lipinski definition) is 4. The SMILES string of the molecule is CC(C)c1ccc2nc(C=Cc3ccc(Cl)cc3)nc(N[C@H]3CCCC[C@H]3N)c2c1.Cl.Cl. The van der Waals surface area contributed by atoms with Crippen LogP contribution in [0.15, 0.2) is 42.5 Å². The number of halogens is 3. The molecule has 0 aliphatic heterocycles. The zero-order valence-electron chi connectivity index (χ0n) is 18.4. The lowest BCUT2D eigenvalue weighted by molar-refractivity contribution is 0.403. The average Bonchev–Trinajstić information content (AvgIpc) is 2.74. The Labute approximate surface area is 207 Å². The molecule has 7 heteroatoms. The largest absolute Gasteiger partial charge is 0.365 e. The summed E-state index contributed by atoms with van der Waals surface area (Å²) in [6.07, 6.45) is 8.50. The van der Waals surface area contributed by atoms with Crippen LogP contribution in [0.1, 0.15) is 62.4 Å². The van der Waals surface area contributed by atoms with Crippen molar-refractivity contribution in [3.8, 4) is 0 Å². The summed E-state index contributed by atoms with van der Waals surface area (Å²) in [5, 5.41) is 5.44. The summed E-state index contributed by atoms with van der Waals surface area (Å²) in [6.45, 7) is 4.41. The number of nitrogens with one attached hydrogen (secondary N) is 1. The van der Waals surface area contributed by atoms with Crippen molar-refractivity contribution in [2.24, 2.45) is 5.73 Å². The lowest BCUT2D eigenvalue weighted by Crippen LogP contribution is -2.42. The zero-order chi connectivity index (χ0) is 21.1. The van der Waals surface area contributed by atoms with Gasteiger partial charge in [-0.1, -0.05) is 62.6 Å². The molecule has 0 radical (unpaired) electrons. The monoisotopic (exact) mass is 492 g/mol. The second-order valence-corrected chi connectivity index (χ2v) is 8.88. The third-order valence-corrected chi connectivity index (χ3v) is 6.09. The van der Waals surface area contributed by atoms with Crippen molar-refractivity contribution in [3.63, 3.8) is 0 Å². The molecule has 3 aromatic rings. The summed E-state index contributed by atoms with van der Waals surface area (Å²) >= 11 is 5.99. The van der Waals surface area contributed by atoms with Crippen LogP contribution in [0.3, 0.4) is 0 Å². The third kappa shape index (κ3) is 6.35. The second-order valence-electron chi connectivity index (χ2n) is 8.45. The topological polar surface area (TPSA) is 63.8 Å². The molecule has 4 rings (SSSR count). The minimum absolute atomic E-state index is 0. The predicted molar refractivity (Wildman–Crippen MR) is 142 cm³/mol. The fraction of sp³-hybridized carbons (Fsp3) is 0.360. The summed E-state index contributed by atoms with van der Waals surface area (Å²) in [4.78, 5) is 9.66. The molecule has 0 bridgehead atoms. The van der Waals surface area contributed by atoms with Crippen LogP contribution < -0.4 is 11.1 Å². The smallest absolute Gasteiger partial charge is 0.154 e. The highest BCUT2D eigenvalue weighted by atomic mass is 35.5. The Balaban J connectivity index is 0.00000181. The van der Waals surface area contributed by atoms with Gasteiger partial charge in [-0.2, -0.15) is 0 Å². The molecule has 0 spiro atoms. The molecular formula is C25H31Cl3N4. The van der Waals surface area contributed by atoms with Gasteiger partial charge in [0.25, 0.3) is 0 Å². The minimum Gasteiger partial charge on any atom is -0.365 e. The summed E-state index contributed by atoms with van der Waals surface area (Å²) in [7, 11) is 0. The summed E-state index contributed by atoms with van der Waals surface area (Å²) in [6, 6.07) is 14.6. The van der Waals surface area contributed by atoms with Gasteiger partial charge < -0.3 is 11.1 Å². The van der Waals surface area contributed by atoms with E-state index in [1.165, 1.54) is 18.4 Å². The molecule has 1 saturated carbocycles. The fourth-order valence-electron chi connectivity index (χ4n) is 3.97. The maximum Gasteiger partial charge on any atom is 0.154 e. The van der Waals surface area contributed by atoms with Gasteiger partial charge in [0.2, 0.25) is 0 Å². The highest BCUT2D eigenvalue weighted by molar-refractivity contribution is 6.30. The Kier molecular flexibility index (Phi) is 9.78. The van der Waals surface area contributed by atoms with Gasteiger partial charge >= 0.3 is 0 Å². The van der Waals surface area contributed by atoms with E-state index in [0.717, 1.165) is 40.1 Å². The van der Waals surface area contributed by atoms with E-state index < -0.39 is 0 Å². The Morgan fingerprint density at radius 2 is 1.72 bits per heavy atom. The van der Waals surface area contributed by atoms with Crippen LogP contribution >= 0.6 is 36.4 Å². The molecule has 1 aliphatic rings. The Morgan fingerprint density at radius 3 is 2.41 bits per heavy atom. The first-order valence-corrected chi connectivity index (χ1v) is 11.1. The maximum absolute atomic E-state index is 6.40. The van der Waals surface area contributed by atoms with E-state index in [9.17, 15) is 0 Å². The van der Waals surface area contributed by atoms with E-state index in [1.807, 2.05) is 36.4 Å². The van der Waals surface area contributed by atoms with Gasteiger partial charge in [-0.05, 0) is 60.2 Å². The molecule has 2 aromatic carbocycles. The second kappa shape index (κ2) is 11.9. The van der Waals surface area contributed by atoms with Crippen LogP contribution in [0.25, 0.3) is 23.1 Å². The van der Waals surface area contributed by atoms with Crippen molar-refractivity contribution in [1.82, 2.24) is 9.97 Å². The van der Waals surface area contributed by atoms with Gasteiger partial charge in [0.1, 0.15) is 5.82 Å². The molecule has 0 amide bonds. The highest BCUT2D eigenvalue weighted by Crippen LogP contribution is 2.28. The quantitative estimate of drug-likeness (QED) is 0.398. The number of nitrogens with two attached hydrogens (primary N) is 1. The van der Waals surface area contributed by atoms with Crippen molar-refractivity contribution in [1.29, 1.82) is 0 Å². The molecule has 0 unspecified atom stereocenters. The number of benzene rings is 2. The third-order valence-electron chi connectivity index (χ3n) is 5.84. The van der Waals surface area contributed by atoms with Gasteiger partial charge in [-0.3, -0.25) is 0 Å². The van der Waals surface area contributed by atoms with Crippen LogP contribution in [0, 0.1) is 0 Å². The van der Waals surface area contributed by atoms with Crippen LogP contribution in [0.5, 0.6) is 0 Å². The number of rotatable bonds is 5. The normalized spacial score (nSPS) is 18.4. The number of fused-ring (bicyclic) bond motifs is 1. The van der Waals surface area contributed by atoms with E-state index in [2.05, 4.69) is 37.4 Å². The van der Waals surface area contributed by atoms with E-state index in [0.29, 0.717) is 11.7 Å². The summed E-state index contributed by atoms with van der Waals surface area (Å²) < 4.78 is 0. The first-order chi connectivity index (χ1) is 14.5. The van der Waals surface area contributed by atoms with Crippen molar-refractivity contribution < 1.29 is 0 Å². The van der Waals surface area contributed by atoms with Crippen molar-refractivity contribution in [2.45, 2.75) is 57.5 Å². The molecule has 0 saturated heterocycles. The molecule has 3 N–H and O–H groups in total. The van der Waals surface area contributed by atoms with Gasteiger partial charge in [0, 0.05) is 22.5 Å². The summed E-state index contributed by atoms with van der Waals surface area (Å²) in [5.74, 6) is 2.01. The minimum atomic E-state index is 0. The van der Waals surface area contributed by atoms with E-state index in [-0.39, 0.29) is 36.9 Å². The lowest BCUT2D eigenvalue weighted by Gasteiger charge is -2.30. The zero-order valence-corrected chi connectivity index (χ0v) is 20.8. The first kappa shape index (κ1) is 26.4. The van der Waals surface area contributed by atoms with E-state index in [1.54, 1.807) is 0 Å². The Morgan fingerprint density at radius 1 is 1.00 bits per heavy atom. The van der Waals surface area contributed by atoms with Crippen LogP contribution in [0.2, 0.25) is 5.02 Å². The van der Waals surface area contributed by atoms with Crippen molar-refractivity contribution in [3.05, 3.63) is 64.4 Å². The first-order valence-electron chi connectivity index (χ1n) is 10.8. The standard InChI is InChI=1S/C25H29ClN4.2ClH/c1-16(2)18-10-13-22-20(15-18)25(29-23-6-4-3-5-21(23)27)30-24(28-22)14-9-17-7-11-19(26)12-8-17;;/h7-16,21,23H,3-6,27H2,1-2H3,(H,28,29,30);2*1H/t21-,23+;;/m1../s1. The molecule has 4 nitrogen and oxygen atoms in total. The Bertz CT molecular complexity index is 1050. The van der Waals surface area contributed by atoms with E-state index >= 15 is 0 Å². The highest BCUT2D eigenvalue weighted by Gasteiger charge is 2.23. The molecule has 1 heterocycles. The van der Waals surface area contributed by atoms with Crippen LogP contribution in [-0.2, 0) is 0 Å². The lowest BCUT2D eigenvalue weighted by atomic mass is 9.91. The molecule has 1 fully saturated rings. The van der Waals surface area contributed by atoms with Crippen LogP contribution in [-0.4, -0.2) is 22.1 Å². The molecule has 32 heavy (non-hydrogen) atoms.